The molecule has 0 aromatic heterocycles. The standard InChI is InChI=1S/C37H56N8O11S/c1-4-21(2)32-36(55)41-25(12-13-29(38)49)33(52)34(53)26(18-30(39)50)43-44-28(37(56)45(14-6-15-46)19-22(3)47)20-57-16-5-7-31(51)40-27(35(54)42-32)17-23-8-10-24(48)11-9-23/h8-11,21,25-28,32,43-44,46,48H,4-7,12-20H2,1-3H3,(H2,38,49)(H2,39,50)(H,40,51)(H,41,55)(H,42,54)/t21-,25-,26-,27-,28-,32-/m0/s1. The summed E-state index contributed by atoms with van der Waals surface area (Å²) in [5.74, 6) is -7.58. The lowest BCUT2D eigenvalue weighted by molar-refractivity contribution is -0.142. The van der Waals surface area contributed by atoms with Crippen LogP contribution in [0.1, 0.15) is 71.3 Å². The second-order valence-corrected chi connectivity index (χ2v) is 15.1. The summed E-state index contributed by atoms with van der Waals surface area (Å²) >= 11 is 1.24. The number of hydrazine groups is 1. The zero-order valence-electron chi connectivity index (χ0n) is 32.5. The zero-order valence-corrected chi connectivity index (χ0v) is 33.4. The molecule has 6 atom stereocenters. The van der Waals surface area contributed by atoms with E-state index in [4.69, 9.17) is 11.5 Å². The largest absolute Gasteiger partial charge is 0.508 e. The number of rotatable bonds is 15. The number of ketones is 3. The molecule has 0 bridgehead atoms. The first kappa shape index (κ1) is 48.2. The molecule has 316 valence electrons. The van der Waals surface area contributed by atoms with Crippen LogP contribution in [0.3, 0.4) is 0 Å². The van der Waals surface area contributed by atoms with Gasteiger partial charge in [-0.15, -0.1) is 0 Å². The van der Waals surface area contributed by atoms with Gasteiger partial charge in [-0.2, -0.15) is 11.8 Å². The van der Waals surface area contributed by atoms with Gasteiger partial charge in [0.2, 0.25) is 47.0 Å². The van der Waals surface area contributed by atoms with Crippen LogP contribution in [0.4, 0.5) is 0 Å². The fourth-order valence-electron chi connectivity index (χ4n) is 5.80. The van der Waals surface area contributed by atoms with E-state index in [1.54, 1.807) is 26.0 Å². The van der Waals surface area contributed by atoms with Gasteiger partial charge in [0.1, 0.15) is 29.7 Å². The minimum atomic E-state index is -1.66. The van der Waals surface area contributed by atoms with Gasteiger partial charge in [0.15, 0.2) is 0 Å². The number of nitrogens with zero attached hydrogens (tertiary/aromatic N) is 1. The highest BCUT2D eigenvalue weighted by atomic mass is 32.2. The third-order valence-electron chi connectivity index (χ3n) is 9.12. The van der Waals surface area contributed by atoms with Gasteiger partial charge in [0.05, 0.1) is 25.0 Å². The number of nitrogens with one attached hydrogen (secondary N) is 5. The van der Waals surface area contributed by atoms with E-state index in [9.17, 15) is 53.4 Å². The Kier molecular flexibility index (Phi) is 20.9. The topological polar surface area (TPSA) is 310 Å². The van der Waals surface area contributed by atoms with Crippen molar-refractivity contribution in [2.24, 2.45) is 17.4 Å². The highest BCUT2D eigenvalue weighted by Gasteiger charge is 2.37. The molecule has 1 aromatic carbocycles. The number of amides is 6. The highest BCUT2D eigenvalue weighted by Crippen LogP contribution is 2.16. The molecule has 0 aliphatic carbocycles. The van der Waals surface area contributed by atoms with Crippen molar-refractivity contribution in [3.05, 3.63) is 29.8 Å². The van der Waals surface area contributed by atoms with E-state index in [-0.39, 0.29) is 56.2 Å². The van der Waals surface area contributed by atoms with E-state index >= 15 is 0 Å². The Hall–Kier alpha value is -4.92. The summed E-state index contributed by atoms with van der Waals surface area (Å²) in [6, 6.07) is -1.00. The number of carbonyl (C=O) groups excluding carboxylic acids is 9. The predicted molar refractivity (Wildman–Crippen MR) is 209 cm³/mol. The maximum Gasteiger partial charge on any atom is 0.243 e. The maximum absolute atomic E-state index is 13.9. The van der Waals surface area contributed by atoms with Crippen LogP contribution in [0.5, 0.6) is 5.75 Å². The van der Waals surface area contributed by atoms with Gasteiger partial charge in [-0.1, -0.05) is 32.4 Å². The molecular formula is C37H56N8O11S. The molecule has 6 amide bonds. The van der Waals surface area contributed by atoms with Crippen LogP contribution < -0.4 is 38.3 Å². The van der Waals surface area contributed by atoms with E-state index in [2.05, 4.69) is 26.8 Å². The Labute approximate surface area is 335 Å². The van der Waals surface area contributed by atoms with Crippen LogP contribution in [0, 0.1) is 5.92 Å². The van der Waals surface area contributed by atoms with Crippen LogP contribution in [0.25, 0.3) is 0 Å². The Morgan fingerprint density at radius 2 is 1.58 bits per heavy atom. The normalized spacial score (nSPS) is 22.7. The van der Waals surface area contributed by atoms with E-state index in [0.29, 0.717) is 24.2 Å². The maximum atomic E-state index is 13.9. The number of Topliss-reactive ketones (excluding diaryl/α,β-unsaturated/α-hetero) is 3. The van der Waals surface area contributed by atoms with Crippen LogP contribution in [0.2, 0.25) is 0 Å². The summed E-state index contributed by atoms with van der Waals surface area (Å²) in [7, 11) is 0. The second kappa shape index (κ2) is 24.7. The quantitative estimate of drug-likeness (QED) is 0.0855. The SMILES string of the molecule is CC[C@H](C)[C@@H]1NC(=O)[C@H](Cc2ccc(O)cc2)NC(=O)CCCSC[C@@H](C(=O)N(CCCO)CC(C)=O)NN[C@@H](CC(N)=O)C(=O)C(=O)[C@H](CCC(N)=O)NC1=O. The van der Waals surface area contributed by atoms with Crippen molar-refractivity contribution in [2.45, 2.75) is 102 Å². The number of thioether (sulfide) groups is 1. The number of phenols is 1. The smallest absolute Gasteiger partial charge is 0.243 e. The first-order chi connectivity index (χ1) is 27.0. The third kappa shape index (κ3) is 17.0. The number of benzene rings is 1. The Morgan fingerprint density at radius 1 is 0.912 bits per heavy atom. The average Bonchev–Trinajstić information content (AvgIpc) is 3.16. The molecule has 19 nitrogen and oxygen atoms in total. The minimum absolute atomic E-state index is 0.00654. The van der Waals surface area contributed by atoms with E-state index in [1.807, 2.05) is 0 Å². The summed E-state index contributed by atoms with van der Waals surface area (Å²) in [5, 5.41) is 27.0. The van der Waals surface area contributed by atoms with Crippen molar-refractivity contribution in [1.29, 1.82) is 0 Å². The fourth-order valence-corrected chi connectivity index (χ4v) is 6.78. The summed E-state index contributed by atoms with van der Waals surface area (Å²) < 4.78 is 0. The lowest BCUT2D eigenvalue weighted by atomic mass is 9.94. The molecule has 0 unspecified atom stereocenters. The van der Waals surface area contributed by atoms with Gasteiger partial charge in [-0.05, 0) is 55.6 Å². The molecule has 1 aromatic rings. The number of aromatic hydroxyl groups is 1. The van der Waals surface area contributed by atoms with Crippen LogP contribution in [0.15, 0.2) is 24.3 Å². The summed E-state index contributed by atoms with van der Waals surface area (Å²) in [5.41, 5.74) is 16.6. The summed E-state index contributed by atoms with van der Waals surface area (Å²) in [4.78, 5) is 120. The predicted octanol–water partition coefficient (Wildman–Crippen LogP) is -2.13. The monoisotopic (exact) mass is 820 g/mol. The lowest BCUT2D eigenvalue weighted by Gasteiger charge is -2.30. The van der Waals surface area contributed by atoms with Gasteiger partial charge < -0.3 is 42.5 Å². The summed E-state index contributed by atoms with van der Waals surface area (Å²) in [6.45, 7) is 4.15. The van der Waals surface area contributed by atoms with Crippen LogP contribution in [-0.2, 0) is 49.6 Å². The first-order valence-corrected chi connectivity index (χ1v) is 19.9. The second-order valence-electron chi connectivity index (χ2n) is 13.9. The van der Waals surface area contributed by atoms with Crippen LogP contribution >= 0.6 is 11.8 Å². The van der Waals surface area contributed by atoms with Gasteiger partial charge in [0, 0.05) is 38.2 Å². The molecule has 57 heavy (non-hydrogen) atoms. The average molecular weight is 821 g/mol. The Morgan fingerprint density at radius 3 is 2.18 bits per heavy atom. The van der Waals surface area contributed by atoms with E-state index in [1.165, 1.54) is 35.7 Å². The number of carbonyl (C=O) groups is 9. The van der Waals surface area contributed by atoms with E-state index < -0.39 is 102 Å². The van der Waals surface area contributed by atoms with Crippen molar-refractivity contribution in [2.75, 3.05) is 31.2 Å². The Balaban J connectivity index is 2.61. The first-order valence-electron chi connectivity index (χ1n) is 18.8. The lowest BCUT2D eigenvalue weighted by Crippen LogP contribution is -2.61. The number of nitrogens with two attached hydrogens (primary N) is 2. The van der Waals surface area contributed by atoms with Crippen molar-refractivity contribution < 1.29 is 53.4 Å². The molecule has 0 saturated carbocycles. The number of phenolic OH excluding ortho intramolecular Hbond substituents is 1. The van der Waals surface area contributed by atoms with Gasteiger partial charge in [-0.25, -0.2) is 10.9 Å². The van der Waals surface area contributed by atoms with Gasteiger partial charge in [-0.3, -0.25) is 43.2 Å². The molecule has 0 spiro atoms. The molecule has 20 heteroatoms. The molecule has 0 radical (unpaired) electrons. The Bertz CT molecular complexity index is 1600. The van der Waals surface area contributed by atoms with E-state index in [0.717, 1.165) is 0 Å². The van der Waals surface area contributed by atoms with Crippen molar-refractivity contribution in [1.82, 2.24) is 31.7 Å². The number of hydrogen-bond acceptors (Lipinski definition) is 14. The highest BCUT2D eigenvalue weighted by molar-refractivity contribution is 7.99. The zero-order chi connectivity index (χ0) is 42.7. The number of hydrogen-bond donors (Lipinski definition) is 9. The molecule has 1 fully saturated rings. The van der Waals surface area contributed by atoms with Gasteiger partial charge >= 0.3 is 0 Å². The summed E-state index contributed by atoms with van der Waals surface area (Å²) in [6.07, 6.45) is -0.833. The number of aliphatic hydroxyl groups is 1. The van der Waals surface area contributed by atoms with Crippen molar-refractivity contribution in [3.8, 4) is 5.75 Å². The molecule has 1 saturated heterocycles. The minimum Gasteiger partial charge on any atom is -0.508 e. The molecule has 2 rings (SSSR count). The molecular weight excluding hydrogens is 765 g/mol. The fraction of sp³-hybridized carbons (Fsp3) is 0.595. The number of primary amides is 2. The van der Waals surface area contributed by atoms with Crippen LogP contribution in [-0.4, -0.2) is 129 Å². The van der Waals surface area contributed by atoms with Crippen molar-refractivity contribution >= 4 is 64.6 Å². The molecule has 1 aliphatic heterocycles. The molecule has 1 aliphatic rings. The number of aliphatic hydroxyl groups excluding tert-OH is 1. The third-order valence-corrected chi connectivity index (χ3v) is 10.3. The van der Waals surface area contributed by atoms with Crippen molar-refractivity contribution in [3.63, 3.8) is 0 Å². The van der Waals surface area contributed by atoms with Gasteiger partial charge in [0.25, 0.3) is 0 Å². The molecule has 11 N–H and O–H groups in total. The molecule has 1 heterocycles.